The molecule has 25 aromatic rings. The Bertz CT molecular complexity index is 9580. The van der Waals surface area contributed by atoms with Crippen molar-refractivity contribution in [1.82, 2.24) is 19.9 Å². The van der Waals surface area contributed by atoms with Crippen molar-refractivity contribution in [3.05, 3.63) is 574 Å². The summed E-state index contributed by atoms with van der Waals surface area (Å²) in [5.74, 6) is 1.33. The molecule has 0 atom stereocenters. The van der Waals surface area contributed by atoms with E-state index in [1.165, 1.54) is 179 Å². The molecule has 4 aromatic heterocycles. The minimum atomic E-state index is -0.739. The maximum absolute atomic E-state index is 5.70. The molecule has 4 spiro atoms. The number of nitrogens with zero attached hydrogens (tertiary/aromatic N) is 4. The number of aromatic nitrogens is 4. The fourth-order valence-electron chi connectivity index (χ4n) is 26.8. The van der Waals surface area contributed by atoms with Gasteiger partial charge in [0.1, 0.15) is 0 Å². The largest absolute Gasteiger partial charge is 0.228 e. The first-order chi connectivity index (χ1) is 70.4. The quantitative estimate of drug-likeness (QED) is 0.145. The van der Waals surface area contributed by atoms with Crippen LogP contribution in [0.25, 0.3) is 197 Å². The lowest BCUT2D eigenvalue weighted by atomic mass is 9.52. The van der Waals surface area contributed by atoms with Gasteiger partial charge in [-0.05, 0) is 214 Å². The van der Waals surface area contributed by atoms with Crippen molar-refractivity contribution in [2.45, 2.75) is 21.7 Å². The van der Waals surface area contributed by atoms with Crippen molar-refractivity contribution in [1.29, 1.82) is 0 Å². The van der Waals surface area contributed by atoms with Gasteiger partial charge in [0.15, 0.2) is 11.6 Å². The molecule has 4 nitrogen and oxygen atoms in total. The van der Waals surface area contributed by atoms with Crippen LogP contribution in [0.5, 0.6) is 0 Å². The predicted molar refractivity (Wildman–Crippen MR) is 586 cm³/mol. The first kappa shape index (κ1) is 79.5. The third-order valence-corrected chi connectivity index (χ3v) is 34.7. The predicted octanol–water partition coefficient (Wildman–Crippen LogP) is 34.2. The van der Waals surface area contributed by atoms with Crippen LogP contribution in [0, 0.1) is 0 Å². The number of hydrogen-bond acceptors (Lipinski definition) is 6. The van der Waals surface area contributed by atoms with Crippen molar-refractivity contribution < 1.29 is 0 Å². The molecule has 0 amide bonds. The summed E-state index contributed by atoms with van der Waals surface area (Å²) in [5.41, 5.74) is 44.6. The van der Waals surface area contributed by atoms with E-state index in [1.54, 1.807) is 0 Å². The van der Waals surface area contributed by atoms with E-state index in [4.69, 9.17) is 19.9 Å². The van der Waals surface area contributed by atoms with E-state index in [2.05, 4.69) is 485 Å². The Morgan fingerprint density at radius 3 is 0.958 bits per heavy atom. The Hall–Kier alpha value is -17.5. The van der Waals surface area contributed by atoms with Crippen LogP contribution in [-0.4, -0.2) is 19.9 Å². The van der Waals surface area contributed by atoms with Crippen LogP contribution in [-0.2, 0) is 21.7 Å². The average Bonchev–Trinajstić information content (AvgIpc) is 1.48. The monoisotopic (exact) mass is 1830 g/mol. The first-order valence-electron chi connectivity index (χ1n) is 49.1. The zero-order valence-corrected chi connectivity index (χ0v) is 78.4. The summed E-state index contributed by atoms with van der Waals surface area (Å²) in [7, 11) is 0. The van der Waals surface area contributed by atoms with E-state index in [1.807, 2.05) is 22.7 Å². The molecule has 0 saturated carbocycles. The van der Waals surface area contributed by atoms with Gasteiger partial charge in [0.05, 0.1) is 44.4 Å². The number of fused-ring (bicyclic) bond motifs is 41. The Labute approximate surface area is 829 Å². The Morgan fingerprint density at radius 1 is 0.155 bits per heavy atom. The summed E-state index contributed by atoms with van der Waals surface area (Å²) >= 11 is 3.86. The highest BCUT2D eigenvalue weighted by Gasteiger charge is 2.62. The molecule has 4 heterocycles. The van der Waals surface area contributed by atoms with Gasteiger partial charge in [-0.1, -0.05) is 449 Å². The van der Waals surface area contributed by atoms with E-state index in [0.717, 1.165) is 94.7 Å². The molecule has 6 aliphatic rings. The van der Waals surface area contributed by atoms with E-state index >= 15 is 0 Å². The maximum atomic E-state index is 5.70. The zero-order valence-electron chi connectivity index (χ0n) is 76.8. The summed E-state index contributed by atoms with van der Waals surface area (Å²) < 4.78 is 5.20. The van der Waals surface area contributed by atoms with Crippen LogP contribution >= 0.6 is 22.7 Å². The summed E-state index contributed by atoms with van der Waals surface area (Å²) in [4.78, 5) is 22.5. The lowest BCUT2D eigenvalue weighted by molar-refractivity contribution is 0.636. The van der Waals surface area contributed by atoms with E-state index in [9.17, 15) is 0 Å². The Balaban J connectivity index is 0.508. The highest BCUT2D eigenvalue weighted by Crippen LogP contribution is 2.73. The molecule has 0 radical (unpaired) electrons. The molecule has 142 heavy (non-hydrogen) atoms. The summed E-state index contributed by atoms with van der Waals surface area (Å²) in [6, 6.07) is 183. The minimum absolute atomic E-state index is 0.572. The second kappa shape index (κ2) is 30.0. The number of benzene rings is 21. The minimum Gasteiger partial charge on any atom is -0.228 e. The van der Waals surface area contributed by atoms with Gasteiger partial charge in [0, 0.05) is 73.7 Å². The van der Waals surface area contributed by atoms with Gasteiger partial charge >= 0.3 is 0 Å². The normalized spacial score (nSPS) is 14.1. The van der Waals surface area contributed by atoms with Crippen LogP contribution < -0.4 is 0 Å². The molecule has 0 N–H and O–H groups in total. The number of rotatable bonds is 9. The van der Waals surface area contributed by atoms with E-state index in [0.29, 0.717) is 11.6 Å². The van der Waals surface area contributed by atoms with Crippen molar-refractivity contribution in [2.75, 3.05) is 0 Å². The molecular weight excluding hydrogens is 1750 g/mol. The highest BCUT2D eigenvalue weighted by molar-refractivity contribution is 7.26. The van der Waals surface area contributed by atoms with Crippen molar-refractivity contribution in [3.8, 4) is 146 Å². The average molecular weight is 1830 g/mol. The van der Waals surface area contributed by atoms with Crippen molar-refractivity contribution in [2.24, 2.45) is 0 Å². The SMILES string of the molecule is c1ccc(-c2nc(-c3ccc(-c4ccc(-c5cccc(-c6cc(-c7cccc(-c8cccc9c8-c8ccc%10c(sc%11ccccc%11%10)c8C98c9ccccc9C9(c%10ccccc%10-c%10ccccc%109)c9ccccc98)c7)nc(-c7cccc8ccccc78)n6)c5)cc4)cc3)cc(-c3cccc4c3-c3ccc5c(sc6ccccc65)c3C43c4ccccc4C4(c5ccccc5-c5ccccc54)c4ccccc43)n2)cc1. The van der Waals surface area contributed by atoms with Gasteiger partial charge in [-0.25, -0.2) is 19.9 Å². The van der Waals surface area contributed by atoms with Gasteiger partial charge in [0.2, 0.25) is 0 Å². The zero-order chi connectivity index (χ0) is 92.8. The molecule has 6 aliphatic carbocycles. The maximum Gasteiger partial charge on any atom is 0.161 e. The van der Waals surface area contributed by atoms with E-state index in [-0.39, 0.29) is 0 Å². The third kappa shape index (κ3) is 10.7. The van der Waals surface area contributed by atoms with Crippen molar-refractivity contribution in [3.63, 3.8) is 0 Å². The lowest BCUT2D eigenvalue weighted by Crippen LogP contribution is -2.43. The molecule has 21 aromatic carbocycles. The summed E-state index contributed by atoms with van der Waals surface area (Å²) in [6.45, 7) is 0. The van der Waals surface area contributed by atoms with Crippen LogP contribution in [0.3, 0.4) is 0 Å². The second-order valence-electron chi connectivity index (χ2n) is 38.9. The fraction of sp³-hybridized carbons (Fsp3) is 0.0294. The van der Waals surface area contributed by atoms with Crippen LogP contribution in [0.4, 0.5) is 0 Å². The topological polar surface area (TPSA) is 51.6 Å². The molecule has 0 unspecified atom stereocenters. The molecule has 0 saturated heterocycles. The molecule has 656 valence electrons. The van der Waals surface area contributed by atoms with E-state index < -0.39 is 21.7 Å². The van der Waals surface area contributed by atoms with Gasteiger partial charge in [0.25, 0.3) is 0 Å². The second-order valence-corrected chi connectivity index (χ2v) is 41.0. The van der Waals surface area contributed by atoms with Crippen LogP contribution in [0.1, 0.15) is 89.0 Å². The smallest absolute Gasteiger partial charge is 0.161 e. The van der Waals surface area contributed by atoms with Crippen molar-refractivity contribution >= 4 is 73.8 Å². The summed E-state index contributed by atoms with van der Waals surface area (Å²) in [6.07, 6.45) is 0. The molecule has 31 rings (SSSR count). The highest BCUT2D eigenvalue weighted by atomic mass is 32.1. The van der Waals surface area contributed by atoms with Crippen LogP contribution in [0.15, 0.2) is 485 Å². The molecule has 0 aliphatic heterocycles. The summed E-state index contributed by atoms with van der Waals surface area (Å²) in [5, 5.41) is 7.36. The third-order valence-electron chi connectivity index (χ3n) is 32.3. The Kier molecular flexibility index (Phi) is 16.8. The van der Waals surface area contributed by atoms with Gasteiger partial charge < -0.3 is 0 Å². The lowest BCUT2D eigenvalue weighted by Gasteiger charge is -2.49. The van der Waals surface area contributed by atoms with Crippen LogP contribution in [0.2, 0.25) is 0 Å². The van der Waals surface area contributed by atoms with Gasteiger partial charge in [-0.2, -0.15) is 0 Å². The van der Waals surface area contributed by atoms with Gasteiger partial charge in [-0.15, -0.1) is 22.7 Å². The standard InChI is InChI=1S/C136H80N4S2/c1-2-32-86(33-3-1)131-137-119(80-122(140-131)102-48-30-62-118-126(102)104-76-74-100-98-45-11-25-64-124(98)142-130(100)128(104)136(118)115-59-22-18-55-111(115)134(112-56-19-23-60-116(112)136)107-51-14-8-42-95(107)96-43-9-15-52-108(96)134)85-71-69-82(70-72-85)81-65-67-83(68-66-81)87-35-26-37-89(77-87)120-79-121(139-132(138-120)101-47-28-34-84-31-4-5-39-91(84)101)90-38-27-36-88(78-90)92-46-29-61-117-125(92)103-75-73-99-97-44-10-24-63-123(97)141-129(99)127(103)135(117)113-57-20-16-53-109(113)133(110-54-17-21-58-114(110)135)105-49-12-6-40-93(105)94-41-7-13-50-106(94)133/h1-80H. The first-order valence-corrected chi connectivity index (χ1v) is 50.7. The molecule has 0 fully saturated rings. The molecule has 0 bridgehead atoms. The molecule has 6 heteroatoms. The number of thiophene rings is 2. The Morgan fingerprint density at radius 2 is 0.465 bits per heavy atom. The number of hydrogen-bond donors (Lipinski definition) is 0. The van der Waals surface area contributed by atoms with Gasteiger partial charge in [-0.3, -0.25) is 0 Å². The molecular formula is C136H80N4S2. The fourth-order valence-corrected chi connectivity index (χ4v) is 29.4.